The lowest BCUT2D eigenvalue weighted by Gasteiger charge is -2.45. The zero-order chi connectivity index (χ0) is 7.36. The Balaban J connectivity index is 2.20. The van der Waals surface area contributed by atoms with Crippen molar-refractivity contribution in [2.24, 2.45) is 10.8 Å². The molecule has 1 aliphatic heterocycles. The third kappa shape index (κ3) is 0.457. The highest BCUT2D eigenvalue weighted by Crippen LogP contribution is 2.57. The summed E-state index contributed by atoms with van der Waals surface area (Å²) >= 11 is 0. The van der Waals surface area contributed by atoms with E-state index < -0.39 is 0 Å². The summed E-state index contributed by atoms with van der Waals surface area (Å²) in [6, 6.07) is 0. The molecule has 11 heavy (non-hydrogen) atoms. The van der Waals surface area contributed by atoms with Gasteiger partial charge in [0, 0.05) is 10.8 Å². The molecule has 0 aromatic rings. The van der Waals surface area contributed by atoms with E-state index in [0.29, 0.717) is 0 Å². The fraction of sp³-hybridized carbons (Fsp3) is 0.400. The molecule has 1 heterocycles. The smallest absolute Gasteiger partial charge is 0.0604 e. The van der Waals surface area contributed by atoms with Gasteiger partial charge in [0.05, 0.1) is 13.2 Å². The molecule has 0 N–H and O–H groups in total. The van der Waals surface area contributed by atoms with Crippen LogP contribution >= 0.6 is 0 Å². The van der Waals surface area contributed by atoms with E-state index in [1.54, 1.807) is 0 Å². The van der Waals surface area contributed by atoms with Crippen molar-refractivity contribution in [3.63, 3.8) is 0 Å². The first-order valence-electron chi connectivity index (χ1n) is 4.02. The van der Waals surface area contributed by atoms with Crippen molar-refractivity contribution in [3.8, 4) is 0 Å². The molecule has 0 saturated carbocycles. The van der Waals surface area contributed by atoms with Gasteiger partial charge in [0.2, 0.25) is 0 Å². The molecule has 1 fully saturated rings. The molecule has 0 bridgehead atoms. The van der Waals surface area contributed by atoms with Crippen LogP contribution in [0.5, 0.6) is 0 Å². The molecular weight excluding hydrogens is 136 g/mol. The second kappa shape index (κ2) is 1.51. The highest BCUT2D eigenvalue weighted by atomic mass is 16.5. The number of ether oxygens (including phenoxy) is 1. The van der Waals surface area contributed by atoms with Crippen LogP contribution in [0.4, 0.5) is 0 Å². The summed E-state index contributed by atoms with van der Waals surface area (Å²) in [5.41, 5.74) is 0.476. The van der Waals surface area contributed by atoms with Crippen LogP contribution in [-0.4, -0.2) is 13.2 Å². The van der Waals surface area contributed by atoms with Gasteiger partial charge in [-0.1, -0.05) is 36.5 Å². The number of rotatable bonds is 0. The molecule has 1 saturated heterocycles. The molecule has 0 aromatic carbocycles. The summed E-state index contributed by atoms with van der Waals surface area (Å²) in [6.07, 6.45) is 13.3. The van der Waals surface area contributed by atoms with E-state index >= 15 is 0 Å². The van der Waals surface area contributed by atoms with E-state index in [2.05, 4.69) is 36.5 Å². The van der Waals surface area contributed by atoms with Gasteiger partial charge in [0.15, 0.2) is 0 Å². The summed E-state index contributed by atoms with van der Waals surface area (Å²) in [4.78, 5) is 0. The minimum Gasteiger partial charge on any atom is -0.379 e. The summed E-state index contributed by atoms with van der Waals surface area (Å²) in [5.74, 6) is 0. The van der Waals surface area contributed by atoms with Crippen LogP contribution in [0.15, 0.2) is 36.5 Å². The molecular formula is C10H10O. The van der Waals surface area contributed by atoms with Gasteiger partial charge >= 0.3 is 0 Å². The first-order valence-corrected chi connectivity index (χ1v) is 4.02. The molecule has 3 aliphatic rings. The molecule has 2 atom stereocenters. The standard InChI is InChI=1S/C10H10O/c1-2-4-10-6-5-9(10,3-1)7-11-8-10/h1-6H,7-8H2/t9-,10+. The van der Waals surface area contributed by atoms with E-state index in [-0.39, 0.29) is 10.8 Å². The summed E-state index contributed by atoms with van der Waals surface area (Å²) in [5, 5.41) is 0. The average Bonchev–Trinajstić information content (AvgIpc) is 2.29. The first-order chi connectivity index (χ1) is 5.37. The summed E-state index contributed by atoms with van der Waals surface area (Å²) < 4.78 is 5.50. The molecule has 0 aromatic heterocycles. The second-order valence-corrected chi connectivity index (χ2v) is 3.63. The SMILES string of the molecule is C1=C[C@@]23C=C[C@]2(C=C1)COC3. The van der Waals surface area contributed by atoms with Crippen LogP contribution in [-0.2, 0) is 4.74 Å². The molecule has 1 heteroatoms. The van der Waals surface area contributed by atoms with Crippen molar-refractivity contribution >= 4 is 0 Å². The highest BCUT2D eigenvalue weighted by molar-refractivity contribution is 5.44. The second-order valence-electron chi connectivity index (χ2n) is 3.63. The molecule has 1 nitrogen and oxygen atoms in total. The van der Waals surface area contributed by atoms with Crippen molar-refractivity contribution in [2.45, 2.75) is 0 Å². The predicted molar refractivity (Wildman–Crippen MR) is 43.1 cm³/mol. The van der Waals surface area contributed by atoms with Crippen molar-refractivity contribution < 1.29 is 4.74 Å². The van der Waals surface area contributed by atoms with Crippen molar-refractivity contribution in [2.75, 3.05) is 13.2 Å². The normalized spacial score (nSPS) is 50.2. The van der Waals surface area contributed by atoms with E-state index in [0.717, 1.165) is 13.2 Å². The largest absolute Gasteiger partial charge is 0.379 e. The lowest BCUT2D eigenvalue weighted by atomic mass is 9.56. The molecule has 2 aliphatic carbocycles. The van der Waals surface area contributed by atoms with Gasteiger partial charge in [-0.25, -0.2) is 0 Å². The Morgan fingerprint density at radius 3 is 1.82 bits per heavy atom. The van der Waals surface area contributed by atoms with Gasteiger partial charge in [0.25, 0.3) is 0 Å². The number of hydrogen-bond acceptors (Lipinski definition) is 1. The van der Waals surface area contributed by atoms with Crippen LogP contribution < -0.4 is 0 Å². The topological polar surface area (TPSA) is 9.23 Å². The Kier molecular flexibility index (Phi) is 0.793. The fourth-order valence-corrected chi connectivity index (χ4v) is 2.24. The van der Waals surface area contributed by atoms with Gasteiger partial charge in [-0.05, 0) is 0 Å². The first kappa shape index (κ1) is 5.78. The molecule has 0 spiro atoms. The van der Waals surface area contributed by atoms with Crippen LogP contribution in [0.3, 0.4) is 0 Å². The van der Waals surface area contributed by atoms with Crippen LogP contribution in [0.2, 0.25) is 0 Å². The third-order valence-corrected chi connectivity index (χ3v) is 3.12. The Morgan fingerprint density at radius 1 is 0.818 bits per heavy atom. The van der Waals surface area contributed by atoms with Gasteiger partial charge in [0.1, 0.15) is 0 Å². The lowest BCUT2D eigenvalue weighted by Crippen LogP contribution is -2.42. The molecule has 0 unspecified atom stereocenters. The predicted octanol–water partition coefficient (Wildman–Crippen LogP) is 1.69. The van der Waals surface area contributed by atoms with Crippen LogP contribution in [0.1, 0.15) is 0 Å². The summed E-state index contributed by atoms with van der Waals surface area (Å²) in [6.45, 7) is 1.73. The Hall–Kier alpha value is -0.820. The van der Waals surface area contributed by atoms with Crippen LogP contribution in [0, 0.1) is 10.8 Å². The quantitative estimate of drug-likeness (QED) is 0.472. The molecule has 0 radical (unpaired) electrons. The maximum absolute atomic E-state index is 5.50. The van der Waals surface area contributed by atoms with Gasteiger partial charge in [-0.15, -0.1) is 0 Å². The Morgan fingerprint density at radius 2 is 1.36 bits per heavy atom. The zero-order valence-electron chi connectivity index (χ0n) is 6.29. The minimum atomic E-state index is 0.238. The van der Waals surface area contributed by atoms with Crippen molar-refractivity contribution in [1.82, 2.24) is 0 Å². The molecule has 56 valence electrons. The van der Waals surface area contributed by atoms with E-state index in [1.165, 1.54) is 0 Å². The van der Waals surface area contributed by atoms with Gasteiger partial charge in [-0.3, -0.25) is 0 Å². The maximum atomic E-state index is 5.50. The van der Waals surface area contributed by atoms with Crippen molar-refractivity contribution in [3.05, 3.63) is 36.5 Å². The Labute approximate surface area is 66.1 Å². The van der Waals surface area contributed by atoms with Crippen molar-refractivity contribution in [1.29, 1.82) is 0 Å². The molecule has 0 amide bonds. The maximum Gasteiger partial charge on any atom is 0.0604 e. The monoisotopic (exact) mass is 146 g/mol. The Bertz CT molecular complexity index is 259. The average molecular weight is 146 g/mol. The zero-order valence-corrected chi connectivity index (χ0v) is 6.29. The highest BCUT2D eigenvalue weighted by Gasteiger charge is 2.56. The third-order valence-electron chi connectivity index (χ3n) is 3.12. The van der Waals surface area contributed by atoms with E-state index in [4.69, 9.17) is 4.74 Å². The van der Waals surface area contributed by atoms with Gasteiger partial charge < -0.3 is 4.74 Å². The fourth-order valence-electron chi connectivity index (χ4n) is 2.24. The number of allylic oxidation sites excluding steroid dienone is 2. The van der Waals surface area contributed by atoms with E-state index in [9.17, 15) is 0 Å². The van der Waals surface area contributed by atoms with Gasteiger partial charge in [-0.2, -0.15) is 0 Å². The van der Waals surface area contributed by atoms with Crippen LogP contribution in [0.25, 0.3) is 0 Å². The number of hydrogen-bond donors (Lipinski definition) is 0. The summed E-state index contributed by atoms with van der Waals surface area (Å²) in [7, 11) is 0. The minimum absolute atomic E-state index is 0.238. The lowest BCUT2D eigenvalue weighted by molar-refractivity contribution is 0.178. The van der Waals surface area contributed by atoms with E-state index in [1.807, 2.05) is 0 Å². The molecule has 3 rings (SSSR count).